The molecular formula is C23H20ClN3O3. The van der Waals surface area contributed by atoms with Crippen molar-refractivity contribution in [3.8, 4) is 0 Å². The summed E-state index contributed by atoms with van der Waals surface area (Å²) in [6.45, 7) is 0. The number of anilines is 3. The second-order valence-corrected chi connectivity index (χ2v) is 6.94. The number of para-hydroxylation sites is 1. The minimum absolute atomic E-state index is 0.0492. The number of carbonyl (C=O) groups excluding carboxylic acids is 3. The van der Waals surface area contributed by atoms with Crippen molar-refractivity contribution >= 4 is 46.4 Å². The summed E-state index contributed by atoms with van der Waals surface area (Å²) in [5.74, 6) is -0.419. The van der Waals surface area contributed by atoms with Crippen LogP contribution in [0.2, 0.25) is 5.02 Å². The minimum Gasteiger partial charge on any atom is -0.326 e. The van der Waals surface area contributed by atoms with Gasteiger partial charge in [-0.25, -0.2) is 4.79 Å². The van der Waals surface area contributed by atoms with Gasteiger partial charge < -0.3 is 16.0 Å². The van der Waals surface area contributed by atoms with E-state index in [-0.39, 0.29) is 24.5 Å². The summed E-state index contributed by atoms with van der Waals surface area (Å²) in [6.07, 6.45) is 0.137. The zero-order valence-electron chi connectivity index (χ0n) is 16.0. The zero-order valence-corrected chi connectivity index (χ0v) is 16.8. The summed E-state index contributed by atoms with van der Waals surface area (Å²) in [5, 5.41) is 8.72. The average Bonchev–Trinajstić information content (AvgIpc) is 2.73. The Morgan fingerprint density at radius 1 is 0.667 bits per heavy atom. The molecule has 0 spiro atoms. The molecule has 0 atom stereocenters. The van der Waals surface area contributed by atoms with Gasteiger partial charge in [0.05, 0.1) is 0 Å². The molecule has 7 heteroatoms. The third kappa shape index (κ3) is 6.46. The van der Waals surface area contributed by atoms with Crippen molar-refractivity contribution in [2.24, 2.45) is 0 Å². The topological polar surface area (TPSA) is 87.3 Å². The van der Waals surface area contributed by atoms with Gasteiger partial charge in [0.1, 0.15) is 0 Å². The van der Waals surface area contributed by atoms with E-state index >= 15 is 0 Å². The Bertz CT molecular complexity index is 1040. The van der Waals surface area contributed by atoms with Gasteiger partial charge >= 0.3 is 6.03 Å². The van der Waals surface area contributed by atoms with E-state index in [1.165, 1.54) is 0 Å². The smallest absolute Gasteiger partial charge is 0.323 e. The van der Waals surface area contributed by atoms with Gasteiger partial charge in [-0.3, -0.25) is 9.59 Å². The van der Waals surface area contributed by atoms with E-state index in [1.54, 1.807) is 60.7 Å². The molecule has 152 valence electrons. The predicted molar refractivity (Wildman–Crippen MR) is 119 cm³/mol. The van der Waals surface area contributed by atoms with Crippen molar-refractivity contribution in [2.75, 3.05) is 16.0 Å². The Balaban J connectivity index is 1.50. The number of amides is 3. The Hall–Kier alpha value is -3.64. The van der Waals surface area contributed by atoms with E-state index in [9.17, 15) is 14.4 Å². The molecule has 3 aromatic carbocycles. The van der Waals surface area contributed by atoms with E-state index in [0.717, 1.165) is 0 Å². The highest BCUT2D eigenvalue weighted by atomic mass is 35.5. The summed E-state index contributed by atoms with van der Waals surface area (Å²) in [6, 6.07) is 22.0. The van der Waals surface area contributed by atoms with E-state index < -0.39 is 6.03 Å². The number of hydrogen-bond donors (Lipinski definition) is 3. The van der Waals surface area contributed by atoms with Crippen molar-refractivity contribution < 1.29 is 14.4 Å². The molecule has 3 N–H and O–H groups in total. The van der Waals surface area contributed by atoms with Crippen molar-refractivity contribution in [1.82, 2.24) is 0 Å². The standard InChI is InChI=1S/C23H20ClN3O3/c24-17-11-9-16(10-12-17)21(28)13-14-22(29)25-19-7-4-8-20(15-19)27-23(30)26-18-5-2-1-3-6-18/h1-12,15H,13-14H2,(H,25,29)(H2,26,27,30). The Morgan fingerprint density at radius 2 is 1.27 bits per heavy atom. The van der Waals surface area contributed by atoms with Crippen molar-refractivity contribution in [2.45, 2.75) is 12.8 Å². The lowest BCUT2D eigenvalue weighted by atomic mass is 10.1. The van der Waals surface area contributed by atoms with Crippen LogP contribution in [0.1, 0.15) is 23.2 Å². The van der Waals surface area contributed by atoms with Crippen LogP contribution >= 0.6 is 11.6 Å². The fraction of sp³-hybridized carbons (Fsp3) is 0.0870. The number of carbonyl (C=O) groups is 3. The number of urea groups is 1. The summed E-state index contributed by atoms with van der Waals surface area (Å²) in [5.41, 5.74) is 2.24. The molecule has 0 fully saturated rings. The van der Waals surface area contributed by atoms with Crippen molar-refractivity contribution in [3.63, 3.8) is 0 Å². The molecule has 0 saturated carbocycles. The number of nitrogens with one attached hydrogen (secondary N) is 3. The second kappa shape index (κ2) is 10.2. The molecule has 0 aliphatic heterocycles. The highest BCUT2D eigenvalue weighted by Gasteiger charge is 2.10. The molecule has 3 aromatic rings. The van der Waals surface area contributed by atoms with E-state index in [1.807, 2.05) is 18.2 Å². The first kappa shape index (κ1) is 21.1. The molecule has 0 aliphatic rings. The highest BCUT2D eigenvalue weighted by molar-refractivity contribution is 6.30. The largest absolute Gasteiger partial charge is 0.326 e. The van der Waals surface area contributed by atoms with E-state index in [4.69, 9.17) is 11.6 Å². The third-order valence-corrected chi connectivity index (χ3v) is 4.43. The lowest BCUT2D eigenvalue weighted by Crippen LogP contribution is -2.19. The number of Topliss-reactive ketones (excluding diaryl/α,β-unsaturated/α-hetero) is 1. The maximum Gasteiger partial charge on any atom is 0.323 e. The predicted octanol–water partition coefficient (Wildman–Crippen LogP) is 5.59. The molecule has 3 rings (SSSR count). The van der Waals surface area contributed by atoms with E-state index in [2.05, 4.69) is 16.0 Å². The summed E-state index contributed by atoms with van der Waals surface area (Å²) >= 11 is 5.81. The Labute approximate surface area is 179 Å². The second-order valence-electron chi connectivity index (χ2n) is 6.50. The molecule has 0 radical (unpaired) electrons. The van der Waals surface area contributed by atoms with Gasteiger partial charge in [-0.1, -0.05) is 35.9 Å². The van der Waals surface area contributed by atoms with Crippen molar-refractivity contribution in [1.29, 1.82) is 0 Å². The molecule has 0 unspecified atom stereocenters. The van der Waals surface area contributed by atoms with Crippen LogP contribution in [-0.2, 0) is 4.79 Å². The molecule has 0 heterocycles. The van der Waals surface area contributed by atoms with Crippen LogP contribution in [0.15, 0.2) is 78.9 Å². The lowest BCUT2D eigenvalue weighted by Gasteiger charge is -2.10. The molecule has 3 amide bonds. The first-order valence-electron chi connectivity index (χ1n) is 9.31. The van der Waals surface area contributed by atoms with Crippen LogP contribution in [0.25, 0.3) is 0 Å². The van der Waals surface area contributed by atoms with Crippen LogP contribution in [0.3, 0.4) is 0 Å². The number of rotatable bonds is 7. The molecule has 0 bridgehead atoms. The Kier molecular flexibility index (Phi) is 7.19. The van der Waals surface area contributed by atoms with Gasteiger partial charge in [0, 0.05) is 40.5 Å². The average molecular weight is 422 g/mol. The SMILES string of the molecule is O=C(CCC(=O)c1ccc(Cl)cc1)Nc1cccc(NC(=O)Nc2ccccc2)c1. The van der Waals surface area contributed by atoms with Crippen LogP contribution < -0.4 is 16.0 Å². The van der Waals surface area contributed by atoms with E-state index in [0.29, 0.717) is 27.6 Å². The first-order chi connectivity index (χ1) is 14.5. The number of halogens is 1. The molecule has 0 saturated heterocycles. The Morgan fingerprint density at radius 3 is 1.97 bits per heavy atom. The first-order valence-corrected chi connectivity index (χ1v) is 9.69. The molecular weight excluding hydrogens is 402 g/mol. The van der Waals surface area contributed by atoms with Gasteiger partial charge in [-0.15, -0.1) is 0 Å². The van der Waals surface area contributed by atoms with Gasteiger partial charge in [0.2, 0.25) is 5.91 Å². The van der Waals surface area contributed by atoms with Gasteiger partial charge in [-0.05, 0) is 54.6 Å². The quantitative estimate of drug-likeness (QED) is 0.435. The summed E-state index contributed by atoms with van der Waals surface area (Å²) in [7, 11) is 0. The fourth-order valence-corrected chi connectivity index (χ4v) is 2.85. The maximum atomic E-state index is 12.2. The zero-order chi connectivity index (χ0) is 21.3. The summed E-state index contributed by atoms with van der Waals surface area (Å²) < 4.78 is 0. The lowest BCUT2D eigenvalue weighted by molar-refractivity contribution is -0.116. The van der Waals surface area contributed by atoms with Crippen LogP contribution in [0.5, 0.6) is 0 Å². The number of hydrogen-bond acceptors (Lipinski definition) is 3. The van der Waals surface area contributed by atoms with Crippen LogP contribution in [-0.4, -0.2) is 17.7 Å². The van der Waals surface area contributed by atoms with Gasteiger partial charge in [-0.2, -0.15) is 0 Å². The van der Waals surface area contributed by atoms with Crippen LogP contribution in [0, 0.1) is 0 Å². The molecule has 30 heavy (non-hydrogen) atoms. The normalized spacial score (nSPS) is 10.2. The van der Waals surface area contributed by atoms with Crippen molar-refractivity contribution in [3.05, 3.63) is 89.4 Å². The highest BCUT2D eigenvalue weighted by Crippen LogP contribution is 2.17. The van der Waals surface area contributed by atoms with Crippen LogP contribution in [0.4, 0.5) is 21.9 Å². The van der Waals surface area contributed by atoms with Gasteiger partial charge in [0.15, 0.2) is 5.78 Å². The fourth-order valence-electron chi connectivity index (χ4n) is 2.72. The number of ketones is 1. The molecule has 0 aliphatic carbocycles. The third-order valence-electron chi connectivity index (χ3n) is 4.18. The molecule has 0 aromatic heterocycles. The monoisotopic (exact) mass is 421 g/mol. The maximum absolute atomic E-state index is 12.2. The molecule has 6 nitrogen and oxygen atoms in total. The number of benzene rings is 3. The minimum atomic E-state index is -0.391. The summed E-state index contributed by atoms with van der Waals surface area (Å²) in [4.78, 5) is 36.4. The van der Waals surface area contributed by atoms with Gasteiger partial charge in [0.25, 0.3) is 0 Å².